The Morgan fingerprint density at radius 2 is 1.95 bits per heavy atom. The lowest BCUT2D eigenvalue weighted by Gasteiger charge is -2.31. The minimum absolute atomic E-state index is 0.0508. The zero-order valence-electron chi connectivity index (χ0n) is 13.0. The third kappa shape index (κ3) is 7.84. The van der Waals surface area contributed by atoms with E-state index in [2.05, 4.69) is 11.8 Å². The number of methoxy groups -OCH3 is 2. The van der Waals surface area contributed by atoms with Crippen molar-refractivity contribution in [2.24, 2.45) is 5.73 Å². The molecule has 0 spiro atoms. The lowest BCUT2D eigenvalue weighted by molar-refractivity contribution is 0.0713. The van der Waals surface area contributed by atoms with E-state index in [1.165, 1.54) is 0 Å². The Labute approximate surface area is 118 Å². The van der Waals surface area contributed by atoms with E-state index in [0.29, 0.717) is 12.6 Å². The highest BCUT2D eigenvalue weighted by molar-refractivity contribution is 4.82. The summed E-state index contributed by atoms with van der Waals surface area (Å²) < 4.78 is 10.4. The van der Waals surface area contributed by atoms with Crippen molar-refractivity contribution < 1.29 is 14.6 Å². The molecule has 0 saturated heterocycles. The van der Waals surface area contributed by atoms with Crippen LogP contribution in [-0.4, -0.2) is 68.7 Å². The second kappa shape index (κ2) is 10.6. The molecule has 0 rings (SSSR count). The molecule has 3 N–H and O–H groups in total. The van der Waals surface area contributed by atoms with Crippen molar-refractivity contribution in [3.8, 4) is 0 Å². The van der Waals surface area contributed by atoms with Gasteiger partial charge in [-0.2, -0.15) is 0 Å². The third-order valence-electron chi connectivity index (χ3n) is 3.75. The van der Waals surface area contributed by atoms with E-state index in [-0.39, 0.29) is 6.61 Å². The zero-order valence-corrected chi connectivity index (χ0v) is 13.0. The molecule has 0 aliphatic rings. The largest absolute Gasteiger partial charge is 0.394 e. The number of aliphatic hydroxyl groups is 1. The van der Waals surface area contributed by atoms with Gasteiger partial charge >= 0.3 is 0 Å². The maximum atomic E-state index is 9.31. The maximum absolute atomic E-state index is 9.31. The fourth-order valence-corrected chi connectivity index (χ4v) is 2.11. The van der Waals surface area contributed by atoms with E-state index in [4.69, 9.17) is 15.2 Å². The van der Waals surface area contributed by atoms with Crippen molar-refractivity contribution in [2.45, 2.75) is 44.7 Å². The molecule has 5 nitrogen and oxygen atoms in total. The summed E-state index contributed by atoms with van der Waals surface area (Å²) in [5.41, 5.74) is 5.67. The first-order valence-electron chi connectivity index (χ1n) is 7.14. The quantitative estimate of drug-likeness (QED) is 0.553. The Bertz CT molecular complexity index is 211. The first-order valence-corrected chi connectivity index (χ1v) is 7.14. The van der Waals surface area contributed by atoms with Gasteiger partial charge in [0.05, 0.1) is 19.8 Å². The molecule has 0 aromatic heterocycles. The summed E-state index contributed by atoms with van der Waals surface area (Å²) in [6, 6.07) is 0.364. The molecule has 0 fully saturated rings. The highest BCUT2D eigenvalue weighted by Crippen LogP contribution is 2.14. The molecule has 2 unspecified atom stereocenters. The van der Waals surface area contributed by atoms with Gasteiger partial charge in [-0.15, -0.1) is 0 Å². The van der Waals surface area contributed by atoms with Crippen LogP contribution in [0, 0.1) is 0 Å². The fourth-order valence-electron chi connectivity index (χ4n) is 2.11. The second-order valence-electron chi connectivity index (χ2n) is 5.31. The maximum Gasteiger partial charge on any atom is 0.0615 e. The van der Waals surface area contributed by atoms with Crippen LogP contribution in [0.2, 0.25) is 0 Å². The highest BCUT2D eigenvalue weighted by atomic mass is 16.5. The number of nitrogens with zero attached hydrogens (tertiary/aromatic N) is 1. The van der Waals surface area contributed by atoms with Crippen LogP contribution in [0.5, 0.6) is 0 Å². The summed E-state index contributed by atoms with van der Waals surface area (Å²) >= 11 is 0. The minimum Gasteiger partial charge on any atom is -0.394 e. The molecule has 0 aliphatic heterocycles. The van der Waals surface area contributed by atoms with Gasteiger partial charge in [0.15, 0.2) is 0 Å². The van der Waals surface area contributed by atoms with E-state index < -0.39 is 5.54 Å². The van der Waals surface area contributed by atoms with Gasteiger partial charge in [0.1, 0.15) is 0 Å². The Morgan fingerprint density at radius 3 is 2.42 bits per heavy atom. The average Bonchev–Trinajstić information content (AvgIpc) is 2.42. The molecule has 0 heterocycles. The average molecular weight is 276 g/mol. The normalized spacial score (nSPS) is 16.6. The van der Waals surface area contributed by atoms with Crippen molar-refractivity contribution in [3.05, 3.63) is 0 Å². The van der Waals surface area contributed by atoms with E-state index in [1.807, 2.05) is 6.92 Å². The van der Waals surface area contributed by atoms with Crippen LogP contribution >= 0.6 is 0 Å². The summed E-state index contributed by atoms with van der Waals surface area (Å²) in [7, 11) is 3.44. The Hall–Kier alpha value is -0.200. The number of hydrogen-bond donors (Lipinski definition) is 2. The minimum atomic E-state index is -0.433. The molecule has 116 valence electrons. The van der Waals surface area contributed by atoms with Gasteiger partial charge in [-0.1, -0.05) is 6.92 Å². The van der Waals surface area contributed by atoms with Gasteiger partial charge in [-0.05, 0) is 32.7 Å². The predicted molar refractivity (Wildman–Crippen MR) is 78.3 cm³/mol. The highest BCUT2D eigenvalue weighted by Gasteiger charge is 2.22. The van der Waals surface area contributed by atoms with Crippen molar-refractivity contribution in [3.63, 3.8) is 0 Å². The van der Waals surface area contributed by atoms with Crippen molar-refractivity contribution in [2.75, 3.05) is 47.1 Å². The monoisotopic (exact) mass is 276 g/mol. The molecule has 5 heteroatoms. The molecular weight excluding hydrogens is 244 g/mol. The summed E-state index contributed by atoms with van der Waals surface area (Å²) in [6.07, 6.45) is 2.61. The van der Waals surface area contributed by atoms with Crippen LogP contribution in [-0.2, 0) is 9.47 Å². The predicted octanol–water partition coefficient (Wildman–Crippen LogP) is 0.850. The first-order chi connectivity index (χ1) is 9.02. The molecule has 0 bridgehead atoms. The van der Waals surface area contributed by atoms with E-state index in [0.717, 1.165) is 39.0 Å². The van der Waals surface area contributed by atoms with Crippen molar-refractivity contribution >= 4 is 0 Å². The van der Waals surface area contributed by atoms with Crippen LogP contribution in [0.4, 0.5) is 0 Å². The van der Waals surface area contributed by atoms with Crippen molar-refractivity contribution in [1.82, 2.24) is 4.90 Å². The van der Waals surface area contributed by atoms with Gasteiger partial charge in [-0.25, -0.2) is 0 Å². The Morgan fingerprint density at radius 1 is 1.26 bits per heavy atom. The number of nitrogens with two attached hydrogens (primary N) is 1. The molecule has 19 heavy (non-hydrogen) atoms. The SMILES string of the molecule is CCC(N)(CO)CCCN(CCOC)C(C)COC. The summed E-state index contributed by atoms with van der Waals surface area (Å²) in [6.45, 7) is 7.50. The lowest BCUT2D eigenvalue weighted by Crippen LogP contribution is -2.44. The standard InChI is InChI=1S/C14H32N2O3/c1-5-14(15,12-17)7-6-8-16(9-10-18-3)13(2)11-19-4/h13,17H,5-12,15H2,1-4H3. The molecule has 0 saturated carbocycles. The zero-order chi connectivity index (χ0) is 14.7. The van der Waals surface area contributed by atoms with Gasteiger partial charge in [0, 0.05) is 32.3 Å². The number of ether oxygens (including phenoxy) is 2. The van der Waals surface area contributed by atoms with Crippen LogP contribution in [0.15, 0.2) is 0 Å². The van der Waals surface area contributed by atoms with E-state index >= 15 is 0 Å². The van der Waals surface area contributed by atoms with Gasteiger partial charge in [0.25, 0.3) is 0 Å². The Kier molecular flexibility index (Phi) is 10.5. The Balaban J connectivity index is 4.17. The summed E-state index contributed by atoms with van der Waals surface area (Å²) in [4.78, 5) is 2.35. The first kappa shape index (κ1) is 18.8. The summed E-state index contributed by atoms with van der Waals surface area (Å²) in [5, 5.41) is 9.31. The smallest absolute Gasteiger partial charge is 0.0615 e. The van der Waals surface area contributed by atoms with E-state index in [9.17, 15) is 5.11 Å². The van der Waals surface area contributed by atoms with Crippen LogP contribution in [0.1, 0.15) is 33.1 Å². The van der Waals surface area contributed by atoms with E-state index in [1.54, 1.807) is 14.2 Å². The lowest BCUT2D eigenvalue weighted by atomic mass is 9.92. The molecule has 0 radical (unpaired) electrons. The van der Waals surface area contributed by atoms with Gasteiger partial charge in [0.2, 0.25) is 0 Å². The molecule has 0 aliphatic carbocycles. The van der Waals surface area contributed by atoms with Crippen LogP contribution < -0.4 is 5.73 Å². The second-order valence-corrected chi connectivity index (χ2v) is 5.31. The molecular formula is C14H32N2O3. The summed E-state index contributed by atoms with van der Waals surface area (Å²) in [5.74, 6) is 0. The third-order valence-corrected chi connectivity index (χ3v) is 3.75. The molecule has 0 aromatic rings. The van der Waals surface area contributed by atoms with Gasteiger partial charge < -0.3 is 20.3 Å². The van der Waals surface area contributed by atoms with Crippen LogP contribution in [0.25, 0.3) is 0 Å². The fraction of sp³-hybridized carbons (Fsp3) is 1.00. The number of rotatable bonds is 12. The number of aliphatic hydroxyl groups excluding tert-OH is 1. The van der Waals surface area contributed by atoms with Gasteiger partial charge in [-0.3, -0.25) is 4.90 Å². The molecule has 2 atom stereocenters. The number of hydrogen-bond acceptors (Lipinski definition) is 5. The molecule has 0 aromatic carbocycles. The molecule has 0 amide bonds. The van der Waals surface area contributed by atoms with Crippen molar-refractivity contribution in [1.29, 1.82) is 0 Å². The topological polar surface area (TPSA) is 68.0 Å². The van der Waals surface area contributed by atoms with Crippen LogP contribution in [0.3, 0.4) is 0 Å².